The van der Waals surface area contributed by atoms with Crippen molar-refractivity contribution in [2.24, 2.45) is 11.8 Å². The standard InChI is InChI=1S/C26H31FN2O6S/c1-26(2,32)14-29-8-7-15(12-29)9-16-10-18(27)3-6-22(16)36(33,34)28-21-5-4-19-20-11-17(20)13-35-24(19)23(21)25(30)31/h3-6,10,15,17,20,28,32H,7-9,11-14H2,1-2H3,(H,30,31)/t15-,17-,20-/m0/s1. The summed E-state index contributed by atoms with van der Waals surface area (Å²) in [5.74, 6) is -0.856. The number of benzene rings is 2. The molecule has 8 nitrogen and oxygen atoms in total. The highest BCUT2D eigenvalue weighted by molar-refractivity contribution is 7.92. The van der Waals surface area contributed by atoms with Crippen molar-refractivity contribution in [1.82, 2.24) is 4.90 Å². The normalized spacial score (nSPS) is 23.5. The van der Waals surface area contributed by atoms with E-state index in [9.17, 15) is 27.8 Å². The number of hydrogen-bond donors (Lipinski definition) is 3. The average Bonchev–Trinajstić information content (AvgIpc) is 3.45. The fraction of sp³-hybridized carbons (Fsp3) is 0.500. The molecule has 0 amide bonds. The molecule has 1 saturated heterocycles. The summed E-state index contributed by atoms with van der Waals surface area (Å²) in [5, 5.41) is 20.0. The van der Waals surface area contributed by atoms with E-state index in [2.05, 4.69) is 9.62 Å². The topological polar surface area (TPSA) is 116 Å². The SMILES string of the molecule is CC(C)(O)CN1CC[C@@H](Cc2cc(F)ccc2S(=O)(=O)Nc2ccc3c(c2C(=O)O)OC[C@@H]2C[C@H]32)C1. The van der Waals surface area contributed by atoms with E-state index in [1.165, 1.54) is 18.2 Å². The van der Waals surface area contributed by atoms with Crippen LogP contribution < -0.4 is 9.46 Å². The summed E-state index contributed by atoms with van der Waals surface area (Å²) < 4.78 is 49.3. The Labute approximate surface area is 210 Å². The van der Waals surface area contributed by atoms with Gasteiger partial charge in [-0.1, -0.05) is 6.07 Å². The van der Waals surface area contributed by atoms with Gasteiger partial charge in [0.1, 0.15) is 17.1 Å². The molecule has 1 saturated carbocycles. The van der Waals surface area contributed by atoms with E-state index in [0.29, 0.717) is 37.6 Å². The monoisotopic (exact) mass is 518 g/mol. The van der Waals surface area contributed by atoms with Crippen LogP contribution in [0.5, 0.6) is 5.75 Å². The number of aromatic carboxylic acids is 1. The second kappa shape index (κ2) is 9.00. The minimum Gasteiger partial charge on any atom is -0.492 e. The fourth-order valence-corrected chi connectivity index (χ4v) is 6.90. The molecule has 0 spiro atoms. The van der Waals surface area contributed by atoms with Crippen LogP contribution in [-0.4, -0.2) is 61.3 Å². The van der Waals surface area contributed by atoms with Gasteiger partial charge >= 0.3 is 5.97 Å². The van der Waals surface area contributed by atoms with Gasteiger partial charge in [0, 0.05) is 19.0 Å². The van der Waals surface area contributed by atoms with Crippen molar-refractivity contribution >= 4 is 21.7 Å². The lowest BCUT2D eigenvalue weighted by molar-refractivity contribution is 0.0428. The van der Waals surface area contributed by atoms with Crippen LogP contribution in [0.3, 0.4) is 0 Å². The first-order chi connectivity index (χ1) is 16.9. The van der Waals surface area contributed by atoms with Gasteiger partial charge in [-0.2, -0.15) is 0 Å². The lowest BCUT2D eigenvalue weighted by Gasteiger charge is -2.25. The molecule has 0 unspecified atom stereocenters. The van der Waals surface area contributed by atoms with Gasteiger partial charge in [-0.25, -0.2) is 17.6 Å². The van der Waals surface area contributed by atoms with Crippen molar-refractivity contribution in [2.75, 3.05) is 31.0 Å². The number of nitrogens with one attached hydrogen (secondary N) is 1. The number of nitrogens with zero attached hydrogens (tertiary/aromatic N) is 1. The van der Waals surface area contributed by atoms with Crippen LogP contribution in [0.15, 0.2) is 35.2 Å². The number of anilines is 1. The number of aliphatic hydroxyl groups is 1. The second-order valence-electron chi connectivity index (χ2n) is 10.9. The average molecular weight is 519 g/mol. The Kier molecular flexibility index (Phi) is 6.25. The number of β-amino-alcohol motifs (C(OH)–C–C–N with tert-alkyl or cyclic N) is 1. The number of carboxylic acids is 1. The Morgan fingerprint density at radius 1 is 1.28 bits per heavy atom. The highest BCUT2D eigenvalue weighted by Gasteiger charge is 2.45. The number of fused-ring (bicyclic) bond motifs is 3. The summed E-state index contributed by atoms with van der Waals surface area (Å²) >= 11 is 0. The summed E-state index contributed by atoms with van der Waals surface area (Å²) in [6, 6.07) is 6.74. The molecule has 5 rings (SSSR count). The van der Waals surface area contributed by atoms with Crippen LogP contribution >= 0.6 is 0 Å². The summed E-state index contributed by atoms with van der Waals surface area (Å²) in [6.45, 7) is 5.83. The van der Waals surface area contributed by atoms with E-state index in [1.807, 2.05) is 0 Å². The van der Waals surface area contributed by atoms with Gasteiger partial charge < -0.3 is 19.8 Å². The molecule has 0 bridgehead atoms. The van der Waals surface area contributed by atoms with E-state index in [4.69, 9.17) is 4.74 Å². The number of rotatable bonds is 8. The molecule has 3 atom stereocenters. The van der Waals surface area contributed by atoms with Crippen molar-refractivity contribution in [3.63, 3.8) is 0 Å². The highest BCUT2D eigenvalue weighted by Crippen LogP contribution is 2.55. The van der Waals surface area contributed by atoms with Crippen LogP contribution in [0.25, 0.3) is 0 Å². The van der Waals surface area contributed by atoms with Gasteiger partial charge in [0.2, 0.25) is 0 Å². The molecule has 2 aromatic rings. The zero-order valence-corrected chi connectivity index (χ0v) is 21.1. The lowest BCUT2D eigenvalue weighted by Crippen LogP contribution is -2.37. The Bertz CT molecular complexity index is 1310. The Balaban J connectivity index is 1.41. The number of halogens is 1. The van der Waals surface area contributed by atoms with Crippen LogP contribution in [0.2, 0.25) is 0 Å². The molecule has 0 radical (unpaired) electrons. The summed E-state index contributed by atoms with van der Waals surface area (Å²) in [6.07, 6.45) is 2.08. The minimum absolute atomic E-state index is 0.0761. The summed E-state index contributed by atoms with van der Waals surface area (Å²) in [7, 11) is -4.22. The Hall–Kier alpha value is -2.69. The molecular weight excluding hydrogens is 487 g/mol. The molecule has 10 heteroatoms. The van der Waals surface area contributed by atoms with E-state index in [0.717, 1.165) is 31.0 Å². The third-order valence-corrected chi connectivity index (χ3v) is 8.68. The van der Waals surface area contributed by atoms with Crippen LogP contribution in [0, 0.1) is 17.7 Å². The number of carboxylic acid groups (broad SMARTS) is 1. The molecule has 2 aromatic carbocycles. The molecule has 3 aliphatic rings. The van der Waals surface area contributed by atoms with Crippen molar-refractivity contribution in [3.8, 4) is 5.75 Å². The molecular formula is C26H31FN2O6S. The van der Waals surface area contributed by atoms with Gasteiger partial charge in [0.05, 0.1) is 22.8 Å². The molecule has 2 heterocycles. The minimum atomic E-state index is -4.22. The fourth-order valence-electron chi connectivity index (χ4n) is 5.60. The first-order valence-corrected chi connectivity index (χ1v) is 13.7. The predicted molar refractivity (Wildman–Crippen MR) is 132 cm³/mol. The molecule has 194 valence electrons. The zero-order chi connectivity index (χ0) is 25.8. The Morgan fingerprint density at radius 2 is 2.06 bits per heavy atom. The molecule has 3 N–H and O–H groups in total. The van der Waals surface area contributed by atoms with Gasteiger partial charge in [0.25, 0.3) is 10.0 Å². The van der Waals surface area contributed by atoms with Crippen LogP contribution in [-0.2, 0) is 16.4 Å². The van der Waals surface area contributed by atoms with E-state index in [-0.39, 0.29) is 33.7 Å². The van der Waals surface area contributed by atoms with Crippen molar-refractivity contribution in [3.05, 3.63) is 52.8 Å². The van der Waals surface area contributed by atoms with Crippen LogP contribution in [0.4, 0.5) is 10.1 Å². The third-order valence-electron chi connectivity index (χ3n) is 7.21. The zero-order valence-electron chi connectivity index (χ0n) is 20.3. The maximum absolute atomic E-state index is 14.2. The number of carbonyl (C=O) groups is 1. The Morgan fingerprint density at radius 3 is 2.78 bits per heavy atom. The van der Waals surface area contributed by atoms with Gasteiger partial charge in [-0.15, -0.1) is 0 Å². The molecule has 0 aromatic heterocycles. The predicted octanol–water partition coefficient (Wildman–Crippen LogP) is 3.46. The maximum atomic E-state index is 14.2. The van der Waals surface area contributed by atoms with E-state index in [1.54, 1.807) is 19.9 Å². The van der Waals surface area contributed by atoms with Crippen LogP contribution in [0.1, 0.15) is 54.1 Å². The molecule has 2 fully saturated rings. The van der Waals surface area contributed by atoms with Crippen molar-refractivity contribution in [2.45, 2.75) is 49.5 Å². The lowest BCUT2D eigenvalue weighted by atomic mass is 9.98. The molecule has 36 heavy (non-hydrogen) atoms. The number of ether oxygens (including phenoxy) is 1. The number of hydrogen-bond acceptors (Lipinski definition) is 6. The van der Waals surface area contributed by atoms with Gasteiger partial charge in [0.15, 0.2) is 0 Å². The van der Waals surface area contributed by atoms with Gasteiger partial charge in [-0.05, 0) is 86.9 Å². The maximum Gasteiger partial charge on any atom is 0.341 e. The highest BCUT2D eigenvalue weighted by atomic mass is 32.2. The smallest absolute Gasteiger partial charge is 0.341 e. The first-order valence-electron chi connectivity index (χ1n) is 12.2. The summed E-state index contributed by atoms with van der Waals surface area (Å²) in [4.78, 5) is 14.2. The van der Waals surface area contributed by atoms with Gasteiger partial charge in [-0.3, -0.25) is 4.72 Å². The molecule has 1 aliphatic carbocycles. The number of sulfonamides is 1. The quantitative estimate of drug-likeness (QED) is 0.490. The van der Waals surface area contributed by atoms with E-state index >= 15 is 0 Å². The first kappa shape index (κ1) is 25.0. The second-order valence-corrected chi connectivity index (χ2v) is 12.5. The largest absolute Gasteiger partial charge is 0.492 e. The summed E-state index contributed by atoms with van der Waals surface area (Å²) in [5.41, 5.74) is 0.0129. The van der Waals surface area contributed by atoms with Crippen molar-refractivity contribution < 1.29 is 32.6 Å². The third kappa shape index (κ3) is 5.07. The number of likely N-dealkylation sites (tertiary alicyclic amines) is 1. The van der Waals surface area contributed by atoms with E-state index < -0.39 is 27.4 Å². The van der Waals surface area contributed by atoms with Crippen molar-refractivity contribution in [1.29, 1.82) is 0 Å². The molecule has 2 aliphatic heterocycles.